The van der Waals surface area contributed by atoms with E-state index in [4.69, 9.17) is 4.74 Å². The standard InChI is InChI=1S/C20H26N2O3/c1-5-22-18-15(7-6-9-21-18)17-16(19(22)24)14(11-13(2)3)12-20(4,25-17)8-10-23/h6-7,9,11,14,23H,5,8,10,12H2,1-4H3. The molecular formula is C20H26N2O3. The number of hydrogen-bond acceptors (Lipinski definition) is 4. The van der Waals surface area contributed by atoms with Crippen molar-refractivity contribution in [2.24, 2.45) is 0 Å². The third-order valence-corrected chi connectivity index (χ3v) is 4.87. The van der Waals surface area contributed by atoms with Gasteiger partial charge in [-0.2, -0.15) is 0 Å². The predicted octanol–water partition coefficient (Wildman–Crippen LogP) is 3.39. The summed E-state index contributed by atoms with van der Waals surface area (Å²) in [5.74, 6) is 0.600. The minimum absolute atomic E-state index is 0.0276. The van der Waals surface area contributed by atoms with Crippen LogP contribution in [0.2, 0.25) is 0 Å². The average molecular weight is 342 g/mol. The van der Waals surface area contributed by atoms with Crippen LogP contribution in [0.5, 0.6) is 5.75 Å². The first-order chi connectivity index (χ1) is 11.9. The van der Waals surface area contributed by atoms with Gasteiger partial charge in [-0.3, -0.25) is 9.36 Å². The van der Waals surface area contributed by atoms with Gasteiger partial charge in [0, 0.05) is 31.7 Å². The zero-order chi connectivity index (χ0) is 18.2. The molecule has 0 bridgehead atoms. The molecule has 0 amide bonds. The Bertz CT molecular complexity index is 880. The summed E-state index contributed by atoms with van der Waals surface area (Å²) in [6.07, 6.45) is 5.04. The summed E-state index contributed by atoms with van der Waals surface area (Å²) in [6, 6.07) is 3.82. The first-order valence-corrected chi connectivity index (χ1v) is 8.86. The average Bonchev–Trinajstić information content (AvgIpc) is 2.54. The minimum Gasteiger partial charge on any atom is -0.486 e. The van der Waals surface area contributed by atoms with Gasteiger partial charge >= 0.3 is 0 Å². The van der Waals surface area contributed by atoms with Gasteiger partial charge in [0.2, 0.25) is 0 Å². The maximum atomic E-state index is 13.2. The van der Waals surface area contributed by atoms with E-state index in [1.807, 2.05) is 39.8 Å². The summed E-state index contributed by atoms with van der Waals surface area (Å²) >= 11 is 0. The van der Waals surface area contributed by atoms with Crippen molar-refractivity contribution in [2.45, 2.75) is 58.6 Å². The van der Waals surface area contributed by atoms with E-state index >= 15 is 0 Å². The van der Waals surface area contributed by atoms with E-state index in [0.29, 0.717) is 36.3 Å². The van der Waals surface area contributed by atoms with Gasteiger partial charge in [-0.1, -0.05) is 11.6 Å². The Balaban J connectivity index is 2.36. The van der Waals surface area contributed by atoms with Crippen LogP contribution in [0.3, 0.4) is 0 Å². The number of nitrogens with zero attached hydrogens (tertiary/aromatic N) is 2. The highest BCUT2D eigenvalue weighted by Crippen LogP contribution is 2.44. The van der Waals surface area contributed by atoms with Crippen LogP contribution in [0.1, 0.15) is 52.0 Å². The van der Waals surface area contributed by atoms with Gasteiger partial charge in [0.25, 0.3) is 5.56 Å². The largest absolute Gasteiger partial charge is 0.486 e. The molecule has 0 saturated heterocycles. The molecule has 0 fully saturated rings. The smallest absolute Gasteiger partial charge is 0.259 e. The maximum Gasteiger partial charge on any atom is 0.259 e. The Hall–Kier alpha value is -2.14. The van der Waals surface area contributed by atoms with E-state index in [1.165, 1.54) is 0 Å². The van der Waals surface area contributed by atoms with E-state index in [1.54, 1.807) is 10.8 Å². The number of pyridine rings is 2. The normalized spacial score (nSPS) is 22.4. The van der Waals surface area contributed by atoms with Crippen molar-refractivity contribution >= 4 is 11.0 Å². The minimum atomic E-state index is -0.508. The predicted molar refractivity (Wildman–Crippen MR) is 99.2 cm³/mol. The number of fused-ring (bicyclic) bond motifs is 3. The van der Waals surface area contributed by atoms with Gasteiger partial charge in [0.15, 0.2) is 0 Å². The molecule has 1 aliphatic heterocycles. The molecule has 2 atom stereocenters. The van der Waals surface area contributed by atoms with E-state index in [0.717, 1.165) is 11.0 Å². The number of hydrogen-bond donors (Lipinski definition) is 1. The molecule has 1 N–H and O–H groups in total. The number of rotatable bonds is 4. The topological polar surface area (TPSA) is 64.4 Å². The van der Waals surface area contributed by atoms with E-state index in [9.17, 15) is 9.90 Å². The number of aryl methyl sites for hydroxylation is 1. The van der Waals surface area contributed by atoms with Crippen molar-refractivity contribution in [3.05, 3.63) is 45.9 Å². The molecule has 3 heterocycles. The fraction of sp³-hybridized carbons (Fsp3) is 0.500. The second-order valence-corrected chi connectivity index (χ2v) is 7.25. The number of aliphatic hydroxyl groups excluding tert-OH is 1. The van der Waals surface area contributed by atoms with Gasteiger partial charge in [-0.15, -0.1) is 0 Å². The molecule has 3 rings (SSSR count). The number of aliphatic hydroxyl groups is 1. The lowest BCUT2D eigenvalue weighted by Gasteiger charge is -2.39. The third-order valence-electron chi connectivity index (χ3n) is 4.87. The molecule has 2 aromatic heterocycles. The fourth-order valence-electron chi connectivity index (χ4n) is 3.79. The Morgan fingerprint density at radius 3 is 2.92 bits per heavy atom. The molecule has 134 valence electrons. The first-order valence-electron chi connectivity index (χ1n) is 8.86. The highest BCUT2D eigenvalue weighted by molar-refractivity contribution is 5.84. The SMILES string of the molecule is CCn1c(=O)c2c(c3cccnc31)OC(C)(CCO)CC2C=C(C)C. The third kappa shape index (κ3) is 3.09. The second kappa shape index (κ2) is 6.64. The molecule has 2 aromatic rings. The lowest BCUT2D eigenvalue weighted by molar-refractivity contribution is 0.0349. The van der Waals surface area contributed by atoms with Gasteiger partial charge < -0.3 is 9.84 Å². The summed E-state index contributed by atoms with van der Waals surface area (Å²) in [4.78, 5) is 17.6. The zero-order valence-electron chi connectivity index (χ0n) is 15.4. The van der Waals surface area contributed by atoms with Crippen molar-refractivity contribution < 1.29 is 9.84 Å². The molecule has 0 radical (unpaired) electrons. The van der Waals surface area contributed by atoms with Gasteiger partial charge in [-0.25, -0.2) is 4.98 Å². The van der Waals surface area contributed by atoms with Gasteiger partial charge in [0.05, 0.1) is 10.9 Å². The summed E-state index contributed by atoms with van der Waals surface area (Å²) in [5.41, 5.74) is 1.98. The van der Waals surface area contributed by atoms with Gasteiger partial charge in [-0.05, 0) is 46.2 Å². The fourth-order valence-corrected chi connectivity index (χ4v) is 3.79. The Labute approximate surface area is 148 Å². The first kappa shape index (κ1) is 17.7. The molecule has 5 nitrogen and oxygen atoms in total. The Morgan fingerprint density at radius 2 is 2.28 bits per heavy atom. The molecular weight excluding hydrogens is 316 g/mol. The maximum absolute atomic E-state index is 13.2. The molecule has 0 spiro atoms. The van der Waals surface area contributed by atoms with Crippen LogP contribution in [0.4, 0.5) is 0 Å². The summed E-state index contributed by atoms with van der Waals surface area (Å²) in [5, 5.41) is 10.3. The molecule has 0 aromatic carbocycles. The van der Waals surface area contributed by atoms with Crippen LogP contribution in [-0.4, -0.2) is 26.9 Å². The number of aromatic nitrogens is 2. The molecule has 5 heteroatoms. The van der Waals surface area contributed by atoms with Crippen molar-refractivity contribution in [3.63, 3.8) is 0 Å². The van der Waals surface area contributed by atoms with Crippen LogP contribution < -0.4 is 10.3 Å². The van der Waals surface area contributed by atoms with Crippen LogP contribution in [0.25, 0.3) is 11.0 Å². The van der Waals surface area contributed by atoms with Crippen molar-refractivity contribution in [3.8, 4) is 5.75 Å². The Morgan fingerprint density at radius 1 is 1.52 bits per heavy atom. The Kier molecular flexibility index (Phi) is 4.69. The van der Waals surface area contributed by atoms with E-state index in [-0.39, 0.29) is 18.1 Å². The monoisotopic (exact) mass is 342 g/mol. The molecule has 2 unspecified atom stereocenters. The second-order valence-electron chi connectivity index (χ2n) is 7.25. The quantitative estimate of drug-likeness (QED) is 0.865. The number of ether oxygens (including phenoxy) is 1. The van der Waals surface area contributed by atoms with Crippen LogP contribution >= 0.6 is 0 Å². The molecule has 25 heavy (non-hydrogen) atoms. The van der Waals surface area contributed by atoms with Crippen LogP contribution in [0, 0.1) is 0 Å². The highest BCUT2D eigenvalue weighted by Gasteiger charge is 2.39. The summed E-state index contributed by atoms with van der Waals surface area (Å²) in [6.45, 7) is 8.66. The van der Waals surface area contributed by atoms with Crippen LogP contribution in [-0.2, 0) is 6.54 Å². The van der Waals surface area contributed by atoms with Crippen molar-refractivity contribution in [2.75, 3.05) is 6.61 Å². The van der Waals surface area contributed by atoms with Gasteiger partial charge in [0.1, 0.15) is 17.0 Å². The molecule has 0 aliphatic carbocycles. The lowest BCUT2D eigenvalue weighted by atomic mass is 9.81. The van der Waals surface area contributed by atoms with Crippen molar-refractivity contribution in [1.29, 1.82) is 0 Å². The summed E-state index contributed by atoms with van der Waals surface area (Å²) in [7, 11) is 0. The van der Waals surface area contributed by atoms with Crippen molar-refractivity contribution in [1.82, 2.24) is 9.55 Å². The molecule has 1 aliphatic rings. The number of allylic oxidation sites excluding steroid dienone is 2. The van der Waals surface area contributed by atoms with E-state index in [2.05, 4.69) is 11.1 Å². The molecule has 0 saturated carbocycles. The lowest BCUT2D eigenvalue weighted by Crippen LogP contribution is -2.42. The van der Waals surface area contributed by atoms with Crippen LogP contribution in [0.15, 0.2) is 34.8 Å². The van der Waals surface area contributed by atoms with E-state index < -0.39 is 5.60 Å². The zero-order valence-corrected chi connectivity index (χ0v) is 15.4. The summed E-state index contributed by atoms with van der Waals surface area (Å²) < 4.78 is 8.04. The highest BCUT2D eigenvalue weighted by atomic mass is 16.5.